The van der Waals surface area contributed by atoms with Crippen molar-refractivity contribution in [2.75, 3.05) is 38.2 Å². The highest BCUT2D eigenvalue weighted by atomic mass is 16.6. The van der Waals surface area contributed by atoms with Gasteiger partial charge in [-0.2, -0.15) is 0 Å². The zero-order valence-electron chi connectivity index (χ0n) is 9.76. The molecule has 1 saturated heterocycles. The summed E-state index contributed by atoms with van der Waals surface area (Å²) in [5, 5.41) is 13.0. The topological polar surface area (TPSA) is 72.2 Å². The first-order valence-electron chi connectivity index (χ1n) is 5.61. The molecular formula is C11H16N3O3+. The van der Waals surface area contributed by atoms with Gasteiger partial charge in [0.05, 0.1) is 38.2 Å². The van der Waals surface area contributed by atoms with E-state index in [0.717, 1.165) is 31.9 Å². The van der Waals surface area contributed by atoms with Crippen LogP contribution in [0.25, 0.3) is 0 Å². The number of rotatable bonds is 3. The van der Waals surface area contributed by atoms with E-state index in [0.29, 0.717) is 5.75 Å². The molecule has 1 aliphatic heterocycles. The van der Waals surface area contributed by atoms with E-state index < -0.39 is 4.92 Å². The number of nitrogens with two attached hydrogens (primary N) is 1. The first-order valence-corrected chi connectivity index (χ1v) is 5.61. The molecule has 1 aliphatic rings. The van der Waals surface area contributed by atoms with Gasteiger partial charge in [0.25, 0.3) is 0 Å². The predicted octanol–water partition coefficient (Wildman–Crippen LogP) is -0.0132. The highest BCUT2D eigenvalue weighted by Crippen LogP contribution is 2.31. The Morgan fingerprint density at radius 3 is 2.71 bits per heavy atom. The largest absolute Gasteiger partial charge is 0.490 e. The molecule has 1 aromatic carbocycles. The minimum absolute atomic E-state index is 0.0137. The second-order valence-electron chi connectivity index (χ2n) is 3.97. The van der Waals surface area contributed by atoms with E-state index >= 15 is 0 Å². The van der Waals surface area contributed by atoms with Crippen molar-refractivity contribution >= 4 is 11.4 Å². The number of hydrogen-bond donors (Lipinski definition) is 1. The van der Waals surface area contributed by atoms with E-state index in [9.17, 15) is 10.1 Å². The summed E-state index contributed by atoms with van der Waals surface area (Å²) < 4.78 is 5.06. The van der Waals surface area contributed by atoms with Crippen LogP contribution in [0.2, 0.25) is 0 Å². The number of nitro groups is 1. The quantitative estimate of drug-likeness (QED) is 0.593. The number of anilines is 1. The fourth-order valence-corrected chi connectivity index (χ4v) is 2.02. The van der Waals surface area contributed by atoms with Gasteiger partial charge in [0.2, 0.25) is 0 Å². The van der Waals surface area contributed by atoms with Crippen molar-refractivity contribution in [3.8, 4) is 5.75 Å². The highest BCUT2D eigenvalue weighted by Gasteiger charge is 2.18. The Kier molecular flexibility index (Phi) is 3.43. The van der Waals surface area contributed by atoms with Crippen molar-refractivity contribution in [1.82, 2.24) is 0 Å². The Balaban J connectivity index is 2.27. The third-order valence-electron chi connectivity index (χ3n) is 2.93. The van der Waals surface area contributed by atoms with E-state index in [1.165, 1.54) is 13.2 Å². The third-order valence-corrected chi connectivity index (χ3v) is 2.93. The van der Waals surface area contributed by atoms with Gasteiger partial charge in [0, 0.05) is 17.8 Å². The number of nitro benzene ring substituents is 1. The summed E-state index contributed by atoms with van der Waals surface area (Å²) in [4.78, 5) is 12.6. The van der Waals surface area contributed by atoms with Crippen molar-refractivity contribution in [2.45, 2.75) is 0 Å². The van der Waals surface area contributed by atoms with Crippen LogP contribution in [0.15, 0.2) is 18.2 Å². The van der Waals surface area contributed by atoms with Gasteiger partial charge in [-0.1, -0.05) is 0 Å². The molecule has 17 heavy (non-hydrogen) atoms. The van der Waals surface area contributed by atoms with Crippen LogP contribution in [0.1, 0.15) is 0 Å². The van der Waals surface area contributed by atoms with Crippen LogP contribution in [0.4, 0.5) is 11.4 Å². The van der Waals surface area contributed by atoms with Gasteiger partial charge >= 0.3 is 5.69 Å². The molecule has 6 heteroatoms. The van der Waals surface area contributed by atoms with Gasteiger partial charge in [0.1, 0.15) is 0 Å². The summed E-state index contributed by atoms with van der Waals surface area (Å²) in [6, 6.07) is 5.03. The minimum atomic E-state index is -0.424. The fourth-order valence-electron chi connectivity index (χ4n) is 2.02. The first kappa shape index (κ1) is 11.7. The monoisotopic (exact) mass is 238 g/mol. The van der Waals surface area contributed by atoms with E-state index in [1.54, 1.807) is 12.1 Å². The lowest BCUT2D eigenvalue weighted by molar-refractivity contribution is -0.655. The second kappa shape index (κ2) is 5.01. The van der Waals surface area contributed by atoms with Crippen LogP contribution < -0.4 is 15.0 Å². The molecule has 1 heterocycles. The van der Waals surface area contributed by atoms with Gasteiger partial charge in [-0.25, -0.2) is 0 Å². The molecule has 0 atom stereocenters. The maximum absolute atomic E-state index is 10.8. The summed E-state index contributed by atoms with van der Waals surface area (Å²) >= 11 is 0. The average Bonchev–Trinajstić information content (AvgIpc) is 2.39. The number of nitrogens with zero attached hydrogens (tertiary/aromatic N) is 2. The lowest BCUT2D eigenvalue weighted by atomic mass is 10.2. The second-order valence-corrected chi connectivity index (χ2v) is 3.97. The Labute approximate surface area is 99.3 Å². The first-order chi connectivity index (χ1) is 8.22. The number of piperazine rings is 1. The zero-order valence-corrected chi connectivity index (χ0v) is 9.76. The Morgan fingerprint density at radius 1 is 1.41 bits per heavy atom. The molecule has 0 aromatic heterocycles. The number of benzene rings is 1. The molecule has 2 rings (SSSR count). The van der Waals surface area contributed by atoms with Crippen LogP contribution in [-0.4, -0.2) is 38.2 Å². The molecule has 0 radical (unpaired) electrons. The lowest BCUT2D eigenvalue weighted by Gasteiger charge is -2.27. The van der Waals surface area contributed by atoms with Gasteiger partial charge in [0.15, 0.2) is 5.75 Å². The molecular weight excluding hydrogens is 222 g/mol. The van der Waals surface area contributed by atoms with Crippen LogP contribution >= 0.6 is 0 Å². The van der Waals surface area contributed by atoms with Crippen LogP contribution in [-0.2, 0) is 0 Å². The Bertz CT molecular complexity index is 416. The van der Waals surface area contributed by atoms with Crippen molar-refractivity contribution in [3.05, 3.63) is 28.3 Å². The number of methoxy groups -OCH3 is 1. The lowest BCUT2D eigenvalue weighted by Crippen LogP contribution is -2.89. The van der Waals surface area contributed by atoms with Gasteiger partial charge in [-0.05, 0) is 6.07 Å². The Morgan fingerprint density at radius 2 is 2.12 bits per heavy atom. The van der Waals surface area contributed by atoms with E-state index in [-0.39, 0.29) is 5.69 Å². The molecule has 1 fully saturated rings. The summed E-state index contributed by atoms with van der Waals surface area (Å²) in [5.41, 5.74) is 1.00. The fraction of sp³-hybridized carbons (Fsp3) is 0.455. The smallest absolute Gasteiger partial charge is 0.311 e. The molecule has 92 valence electrons. The summed E-state index contributed by atoms with van der Waals surface area (Å²) in [6.07, 6.45) is 0. The van der Waals surface area contributed by atoms with E-state index in [1.807, 2.05) is 0 Å². The summed E-state index contributed by atoms with van der Waals surface area (Å²) in [5.74, 6) is 0.321. The minimum Gasteiger partial charge on any atom is -0.490 e. The molecule has 0 bridgehead atoms. The van der Waals surface area contributed by atoms with Crippen LogP contribution in [0.3, 0.4) is 0 Å². The maximum atomic E-state index is 10.8. The molecule has 6 nitrogen and oxygen atoms in total. The maximum Gasteiger partial charge on any atom is 0.311 e. The molecule has 0 unspecified atom stereocenters. The van der Waals surface area contributed by atoms with Crippen molar-refractivity contribution < 1.29 is 15.0 Å². The van der Waals surface area contributed by atoms with Crippen molar-refractivity contribution in [1.29, 1.82) is 0 Å². The molecule has 0 spiro atoms. The van der Waals surface area contributed by atoms with E-state index in [2.05, 4.69) is 10.2 Å². The molecule has 0 amide bonds. The van der Waals surface area contributed by atoms with Gasteiger partial charge in [-0.15, -0.1) is 0 Å². The van der Waals surface area contributed by atoms with Crippen molar-refractivity contribution in [2.24, 2.45) is 0 Å². The van der Waals surface area contributed by atoms with Crippen molar-refractivity contribution in [3.63, 3.8) is 0 Å². The normalized spacial score (nSPS) is 15.7. The average molecular weight is 238 g/mol. The number of hydrogen-bond acceptors (Lipinski definition) is 4. The SMILES string of the molecule is COc1cc(N2CC[NH2+]CC2)ccc1[N+](=O)[O-]. The summed E-state index contributed by atoms with van der Waals surface area (Å²) in [7, 11) is 1.45. The zero-order chi connectivity index (χ0) is 12.3. The van der Waals surface area contributed by atoms with Crippen LogP contribution in [0, 0.1) is 10.1 Å². The van der Waals surface area contributed by atoms with E-state index in [4.69, 9.17) is 4.74 Å². The van der Waals surface area contributed by atoms with Gasteiger partial charge < -0.3 is 15.0 Å². The number of ether oxygens (including phenoxy) is 1. The summed E-state index contributed by atoms with van der Waals surface area (Å²) in [6.45, 7) is 4.03. The molecule has 0 saturated carbocycles. The molecule has 0 aliphatic carbocycles. The van der Waals surface area contributed by atoms with Crippen LogP contribution in [0.5, 0.6) is 5.75 Å². The third kappa shape index (κ3) is 2.47. The predicted molar refractivity (Wildman–Crippen MR) is 63.5 cm³/mol. The standard InChI is InChI=1S/C11H15N3O3/c1-17-11-8-9(2-3-10(11)14(15)16)13-6-4-12-5-7-13/h2-3,8,12H,4-7H2,1H3/p+1. The molecule has 2 N–H and O–H groups in total. The number of quaternary nitrogens is 1. The Hall–Kier alpha value is -1.82. The van der Waals surface area contributed by atoms with Gasteiger partial charge in [-0.3, -0.25) is 10.1 Å². The highest BCUT2D eigenvalue weighted by molar-refractivity contribution is 5.59. The molecule has 1 aromatic rings.